The van der Waals surface area contributed by atoms with Gasteiger partial charge in [-0.1, -0.05) is 30.7 Å². The Bertz CT molecular complexity index is 614. The van der Waals surface area contributed by atoms with Gasteiger partial charge in [0.1, 0.15) is 0 Å². The third-order valence-corrected chi connectivity index (χ3v) is 3.60. The maximum Gasteiger partial charge on any atom is 0.306 e. The molecule has 0 amide bonds. The average molecular weight is 305 g/mol. The number of carboxylic acid groups (broad SMARTS) is 1. The summed E-state index contributed by atoms with van der Waals surface area (Å²) in [6, 6.07) is 9.64. The van der Waals surface area contributed by atoms with E-state index in [2.05, 4.69) is 10.3 Å². The van der Waals surface area contributed by atoms with Crippen LogP contribution < -0.4 is 5.32 Å². The first-order valence-electron chi connectivity index (χ1n) is 6.70. The molecule has 1 aromatic heterocycles. The van der Waals surface area contributed by atoms with E-state index in [4.69, 9.17) is 16.7 Å². The predicted molar refractivity (Wildman–Crippen MR) is 83.5 cm³/mol. The molecule has 0 saturated heterocycles. The molecule has 0 spiro atoms. The topological polar surface area (TPSA) is 62.2 Å². The van der Waals surface area contributed by atoms with Gasteiger partial charge in [-0.2, -0.15) is 0 Å². The number of rotatable bonds is 6. The molecule has 21 heavy (non-hydrogen) atoms. The van der Waals surface area contributed by atoms with Crippen LogP contribution in [0.15, 0.2) is 42.7 Å². The summed E-state index contributed by atoms with van der Waals surface area (Å²) < 4.78 is 0. The van der Waals surface area contributed by atoms with Gasteiger partial charge in [0, 0.05) is 24.6 Å². The highest BCUT2D eigenvalue weighted by Gasteiger charge is 2.11. The van der Waals surface area contributed by atoms with Crippen molar-refractivity contribution in [3.05, 3.63) is 58.9 Å². The number of anilines is 1. The summed E-state index contributed by atoms with van der Waals surface area (Å²) in [5.74, 6) is -1.15. The molecule has 1 unspecified atom stereocenters. The van der Waals surface area contributed by atoms with Crippen LogP contribution in [0.5, 0.6) is 0 Å². The zero-order valence-electron chi connectivity index (χ0n) is 11.7. The zero-order valence-corrected chi connectivity index (χ0v) is 12.5. The van der Waals surface area contributed by atoms with Gasteiger partial charge < -0.3 is 10.4 Å². The first kappa shape index (κ1) is 15.3. The molecule has 0 aliphatic heterocycles. The van der Waals surface area contributed by atoms with E-state index >= 15 is 0 Å². The predicted octanol–water partition coefficient (Wildman–Crippen LogP) is 3.61. The highest BCUT2D eigenvalue weighted by Crippen LogP contribution is 2.17. The summed E-state index contributed by atoms with van der Waals surface area (Å²) in [5, 5.41) is 12.8. The van der Waals surface area contributed by atoms with Crippen LogP contribution in [0, 0.1) is 5.92 Å². The zero-order chi connectivity index (χ0) is 15.2. The Labute approximate surface area is 128 Å². The average Bonchev–Trinajstić information content (AvgIpc) is 2.48. The Hall–Kier alpha value is -2.07. The summed E-state index contributed by atoms with van der Waals surface area (Å²) in [5.41, 5.74) is 2.96. The number of aromatic nitrogens is 1. The van der Waals surface area contributed by atoms with Crippen molar-refractivity contribution in [1.29, 1.82) is 0 Å². The minimum absolute atomic E-state index is 0.376. The highest BCUT2D eigenvalue weighted by molar-refractivity contribution is 6.31. The molecule has 0 bridgehead atoms. The molecule has 0 radical (unpaired) electrons. The first-order chi connectivity index (χ1) is 10.1. The van der Waals surface area contributed by atoms with Crippen LogP contribution in [0.25, 0.3) is 0 Å². The van der Waals surface area contributed by atoms with Gasteiger partial charge in [-0.25, -0.2) is 0 Å². The fraction of sp³-hybridized carbons (Fsp3) is 0.250. The minimum Gasteiger partial charge on any atom is -0.481 e. The molecule has 110 valence electrons. The quantitative estimate of drug-likeness (QED) is 0.856. The van der Waals surface area contributed by atoms with E-state index in [1.54, 1.807) is 19.3 Å². The lowest BCUT2D eigenvalue weighted by atomic mass is 10.0. The van der Waals surface area contributed by atoms with E-state index in [0.29, 0.717) is 18.0 Å². The number of carbonyl (C=O) groups is 1. The second kappa shape index (κ2) is 7.09. The third kappa shape index (κ3) is 4.46. The van der Waals surface area contributed by atoms with Gasteiger partial charge in [-0.15, -0.1) is 0 Å². The number of nitrogens with zero attached hydrogens (tertiary/aromatic N) is 1. The van der Waals surface area contributed by atoms with E-state index in [9.17, 15) is 4.79 Å². The van der Waals surface area contributed by atoms with Crippen molar-refractivity contribution < 1.29 is 9.90 Å². The molecule has 0 aliphatic rings. The summed E-state index contributed by atoms with van der Waals surface area (Å²) in [6.45, 7) is 2.33. The van der Waals surface area contributed by atoms with Crippen LogP contribution in [-0.2, 0) is 17.8 Å². The number of nitrogens with one attached hydrogen (secondary N) is 1. The molecule has 4 nitrogen and oxygen atoms in total. The molecule has 0 aliphatic carbocycles. The fourth-order valence-corrected chi connectivity index (χ4v) is 2.13. The maximum atomic E-state index is 10.8. The summed E-state index contributed by atoms with van der Waals surface area (Å²) >= 11 is 6.04. The molecule has 0 saturated carbocycles. The molecular formula is C16H17ClN2O2. The van der Waals surface area contributed by atoms with Crippen molar-refractivity contribution in [3.63, 3.8) is 0 Å². The van der Waals surface area contributed by atoms with E-state index in [-0.39, 0.29) is 5.92 Å². The lowest BCUT2D eigenvalue weighted by Crippen LogP contribution is -2.12. The van der Waals surface area contributed by atoms with E-state index in [1.165, 1.54) is 0 Å². The number of carboxylic acids is 1. The lowest BCUT2D eigenvalue weighted by Gasteiger charge is -2.10. The second-order valence-electron chi connectivity index (χ2n) is 4.96. The lowest BCUT2D eigenvalue weighted by molar-refractivity contribution is -0.141. The van der Waals surface area contributed by atoms with Crippen molar-refractivity contribution in [2.45, 2.75) is 19.9 Å². The number of benzene rings is 1. The van der Waals surface area contributed by atoms with Gasteiger partial charge >= 0.3 is 5.97 Å². The summed E-state index contributed by atoms with van der Waals surface area (Å²) in [6.07, 6.45) is 3.86. The second-order valence-corrected chi connectivity index (χ2v) is 5.37. The van der Waals surface area contributed by atoms with Crippen LogP contribution in [0.4, 0.5) is 5.69 Å². The number of hydrogen-bond donors (Lipinski definition) is 2. The van der Waals surface area contributed by atoms with E-state index in [0.717, 1.165) is 16.8 Å². The van der Waals surface area contributed by atoms with Gasteiger partial charge in [0.15, 0.2) is 0 Å². The molecule has 2 N–H and O–H groups in total. The van der Waals surface area contributed by atoms with Crippen LogP contribution >= 0.6 is 11.6 Å². The molecule has 0 fully saturated rings. The molecule has 5 heteroatoms. The molecule has 2 aromatic rings. The van der Waals surface area contributed by atoms with Crippen LogP contribution in [0.2, 0.25) is 5.02 Å². The van der Waals surface area contributed by atoms with Crippen LogP contribution in [0.1, 0.15) is 18.1 Å². The third-order valence-electron chi connectivity index (χ3n) is 3.26. The standard InChI is InChI=1S/C16H17ClN2O2/c1-11(16(20)21)8-12-2-4-14(5-3-12)19-9-13-6-7-18-10-15(13)17/h2-7,10-11,19H,8-9H2,1H3,(H,20,21). The van der Waals surface area contributed by atoms with Crippen LogP contribution in [0.3, 0.4) is 0 Å². The molecule has 2 rings (SSSR count). The summed E-state index contributed by atoms with van der Waals surface area (Å²) in [4.78, 5) is 14.8. The Morgan fingerprint density at radius 1 is 1.33 bits per heavy atom. The smallest absolute Gasteiger partial charge is 0.306 e. The van der Waals surface area contributed by atoms with E-state index in [1.807, 2.05) is 30.3 Å². The Balaban J connectivity index is 1.94. The van der Waals surface area contributed by atoms with Gasteiger partial charge in [0.2, 0.25) is 0 Å². The van der Waals surface area contributed by atoms with Gasteiger partial charge in [0.25, 0.3) is 0 Å². The van der Waals surface area contributed by atoms with Crippen molar-refractivity contribution in [2.24, 2.45) is 5.92 Å². The van der Waals surface area contributed by atoms with Crippen LogP contribution in [-0.4, -0.2) is 16.1 Å². The van der Waals surface area contributed by atoms with Crippen molar-refractivity contribution in [2.75, 3.05) is 5.32 Å². The Morgan fingerprint density at radius 3 is 2.67 bits per heavy atom. The van der Waals surface area contributed by atoms with Crippen molar-refractivity contribution >= 4 is 23.3 Å². The van der Waals surface area contributed by atoms with Gasteiger partial charge in [0.05, 0.1) is 10.9 Å². The Kier molecular flexibility index (Phi) is 5.17. The fourth-order valence-electron chi connectivity index (χ4n) is 1.94. The van der Waals surface area contributed by atoms with E-state index < -0.39 is 5.97 Å². The Morgan fingerprint density at radius 2 is 2.05 bits per heavy atom. The highest BCUT2D eigenvalue weighted by atomic mass is 35.5. The van der Waals surface area contributed by atoms with Crippen molar-refractivity contribution in [3.8, 4) is 0 Å². The minimum atomic E-state index is -0.774. The number of pyridine rings is 1. The normalized spacial score (nSPS) is 11.9. The molecule has 1 heterocycles. The van der Waals surface area contributed by atoms with Crippen molar-refractivity contribution in [1.82, 2.24) is 4.98 Å². The number of hydrogen-bond acceptors (Lipinski definition) is 3. The SMILES string of the molecule is CC(Cc1ccc(NCc2ccncc2Cl)cc1)C(=O)O. The monoisotopic (exact) mass is 304 g/mol. The molecule has 1 atom stereocenters. The summed E-state index contributed by atoms with van der Waals surface area (Å²) in [7, 11) is 0. The maximum absolute atomic E-state index is 10.8. The van der Waals surface area contributed by atoms with Gasteiger partial charge in [-0.3, -0.25) is 9.78 Å². The molecule has 1 aromatic carbocycles. The number of halogens is 1. The largest absolute Gasteiger partial charge is 0.481 e. The van der Waals surface area contributed by atoms with Gasteiger partial charge in [-0.05, 0) is 35.7 Å². The molecular weight excluding hydrogens is 288 g/mol. The number of aliphatic carboxylic acids is 1. The first-order valence-corrected chi connectivity index (χ1v) is 7.08.